The zero-order valence-electron chi connectivity index (χ0n) is 31.1. The van der Waals surface area contributed by atoms with Crippen molar-refractivity contribution >= 4 is 55.2 Å². The Morgan fingerprint density at radius 3 is 1.79 bits per heavy atom. The Morgan fingerprint density at radius 2 is 1.07 bits per heavy atom. The Kier molecular flexibility index (Phi) is 7.89. The molecule has 1 unspecified atom stereocenters. The van der Waals surface area contributed by atoms with E-state index >= 15 is 0 Å². The highest BCUT2D eigenvalue weighted by Crippen LogP contribution is 2.41. The predicted molar refractivity (Wildman–Crippen MR) is 238 cm³/mol. The summed E-state index contributed by atoms with van der Waals surface area (Å²) in [6, 6.07) is 69.0. The maximum atomic E-state index is 6.98. The SMILES string of the molecule is C1=CC(c2ccc3c(c2)oc2c(-n4c5ccc(-c6ccccc6)cc5c5ccc(-c6ccccc6)cc54)cccc23)C=C(c2ccccc2)N=C1c1ccccc1. The number of benzene rings is 8. The quantitative estimate of drug-likeness (QED) is 0.168. The maximum absolute atomic E-state index is 6.98. The topological polar surface area (TPSA) is 30.4 Å². The summed E-state index contributed by atoms with van der Waals surface area (Å²) < 4.78 is 9.38. The van der Waals surface area contributed by atoms with Crippen LogP contribution in [0.1, 0.15) is 22.6 Å². The number of nitrogens with zero attached hydrogens (tertiary/aromatic N) is 2. The molecule has 0 fully saturated rings. The molecular weight excluding hydrogens is 693 g/mol. The fraction of sp³-hybridized carbons (Fsp3) is 0.0185. The van der Waals surface area contributed by atoms with Gasteiger partial charge in [0.2, 0.25) is 0 Å². The molecule has 0 amide bonds. The molecule has 3 heteroatoms. The van der Waals surface area contributed by atoms with Crippen LogP contribution in [0, 0.1) is 0 Å². The Bertz CT molecular complexity index is 3210. The van der Waals surface area contributed by atoms with E-state index in [9.17, 15) is 0 Å². The monoisotopic (exact) mass is 728 g/mol. The second-order valence-electron chi connectivity index (χ2n) is 14.7. The summed E-state index contributed by atoms with van der Waals surface area (Å²) in [5.41, 5.74) is 15.0. The zero-order chi connectivity index (χ0) is 37.7. The van der Waals surface area contributed by atoms with Crippen LogP contribution in [0.25, 0.3) is 77.4 Å². The highest BCUT2D eigenvalue weighted by atomic mass is 16.3. The van der Waals surface area contributed by atoms with Crippen LogP contribution in [0.15, 0.2) is 222 Å². The van der Waals surface area contributed by atoms with Gasteiger partial charge in [-0.1, -0.05) is 170 Å². The highest BCUT2D eigenvalue weighted by molar-refractivity contribution is 6.14. The van der Waals surface area contributed by atoms with Gasteiger partial charge in [0, 0.05) is 33.0 Å². The summed E-state index contributed by atoms with van der Waals surface area (Å²) in [6.07, 6.45) is 6.68. The fourth-order valence-electron chi connectivity index (χ4n) is 8.46. The van der Waals surface area contributed by atoms with Gasteiger partial charge in [0.25, 0.3) is 0 Å². The lowest BCUT2D eigenvalue weighted by Crippen LogP contribution is -1.96. The van der Waals surface area contributed by atoms with Crippen LogP contribution in [0.3, 0.4) is 0 Å². The predicted octanol–water partition coefficient (Wildman–Crippen LogP) is 14.2. The molecule has 57 heavy (non-hydrogen) atoms. The number of furan rings is 1. The first-order valence-electron chi connectivity index (χ1n) is 19.5. The van der Waals surface area contributed by atoms with E-state index in [1.165, 1.54) is 33.0 Å². The summed E-state index contributed by atoms with van der Waals surface area (Å²) >= 11 is 0. The molecule has 1 atom stereocenters. The normalized spacial score (nSPS) is 14.3. The average molecular weight is 729 g/mol. The van der Waals surface area contributed by atoms with Gasteiger partial charge in [0.15, 0.2) is 5.58 Å². The summed E-state index contributed by atoms with van der Waals surface area (Å²) in [7, 11) is 0. The molecule has 0 aliphatic carbocycles. The molecule has 1 aliphatic rings. The van der Waals surface area contributed by atoms with E-state index in [-0.39, 0.29) is 5.92 Å². The van der Waals surface area contributed by atoms with E-state index in [0.717, 1.165) is 66.8 Å². The lowest BCUT2D eigenvalue weighted by molar-refractivity contribution is 0.665. The molecule has 268 valence electrons. The first-order valence-corrected chi connectivity index (χ1v) is 19.5. The van der Waals surface area contributed by atoms with E-state index in [1.807, 2.05) is 12.1 Å². The molecule has 3 heterocycles. The van der Waals surface area contributed by atoms with Gasteiger partial charge in [-0.05, 0) is 75.9 Å². The van der Waals surface area contributed by atoms with Crippen molar-refractivity contribution in [3.8, 4) is 27.9 Å². The van der Waals surface area contributed by atoms with Crippen LogP contribution in [-0.4, -0.2) is 10.3 Å². The largest absolute Gasteiger partial charge is 0.454 e. The summed E-state index contributed by atoms with van der Waals surface area (Å²) in [4.78, 5) is 5.19. The molecule has 0 saturated carbocycles. The Labute approximate surface area is 330 Å². The van der Waals surface area contributed by atoms with E-state index in [0.29, 0.717) is 0 Å². The summed E-state index contributed by atoms with van der Waals surface area (Å²) in [6.45, 7) is 0. The molecule has 3 nitrogen and oxygen atoms in total. The van der Waals surface area contributed by atoms with Crippen molar-refractivity contribution in [3.05, 3.63) is 229 Å². The summed E-state index contributed by atoms with van der Waals surface area (Å²) in [5, 5.41) is 4.60. The van der Waals surface area contributed by atoms with Crippen LogP contribution in [-0.2, 0) is 0 Å². The lowest BCUT2D eigenvalue weighted by atomic mass is 9.95. The number of aromatic nitrogens is 1. The van der Waals surface area contributed by atoms with E-state index in [4.69, 9.17) is 9.41 Å². The maximum Gasteiger partial charge on any atom is 0.159 e. The van der Waals surface area contributed by atoms with E-state index in [1.54, 1.807) is 0 Å². The molecule has 0 radical (unpaired) electrons. The number of hydrogen-bond donors (Lipinski definition) is 0. The molecular formula is C54H36N2O. The number of allylic oxidation sites excluding steroid dienone is 3. The van der Waals surface area contributed by atoms with Gasteiger partial charge in [-0.2, -0.15) is 0 Å². The molecule has 10 aromatic rings. The van der Waals surface area contributed by atoms with Crippen molar-refractivity contribution in [1.29, 1.82) is 0 Å². The minimum Gasteiger partial charge on any atom is -0.454 e. The van der Waals surface area contributed by atoms with Crippen LogP contribution < -0.4 is 0 Å². The molecule has 0 N–H and O–H groups in total. The van der Waals surface area contributed by atoms with E-state index in [2.05, 4.69) is 205 Å². The van der Waals surface area contributed by atoms with Gasteiger partial charge < -0.3 is 8.98 Å². The first-order chi connectivity index (χ1) is 28.2. The molecule has 8 aromatic carbocycles. The highest BCUT2D eigenvalue weighted by Gasteiger charge is 2.21. The van der Waals surface area contributed by atoms with Crippen LogP contribution >= 0.6 is 0 Å². The third-order valence-electron chi connectivity index (χ3n) is 11.3. The standard InChI is InChI=1S/C54H36N2O/c1-5-14-36(15-6-1)40-27-31-50-47(32-40)44-28-24-42(37-16-7-2-8-17-37)34-52(44)56(50)51-23-13-22-46-45-29-25-43(35-53(45)57-54(46)51)41-26-30-48(38-18-9-3-10-19-38)55-49(33-41)39-20-11-4-12-21-39/h1-35,41H. The van der Waals surface area contributed by atoms with Crippen molar-refractivity contribution in [1.82, 2.24) is 4.57 Å². The second-order valence-corrected chi connectivity index (χ2v) is 14.7. The summed E-state index contributed by atoms with van der Waals surface area (Å²) in [5.74, 6) is -0.00481. The third kappa shape index (κ3) is 5.80. The van der Waals surface area contributed by atoms with Crippen LogP contribution in [0.2, 0.25) is 0 Å². The number of hydrogen-bond acceptors (Lipinski definition) is 2. The molecule has 11 rings (SSSR count). The molecule has 1 aliphatic heterocycles. The fourth-order valence-corrected chi connectivity index (χ4v) is 8.46. The Balaban J connectivity index is 1.08. The Morgan fingerprint density at radius 1 is 0.439 bits per heavy atom. The minimum atomic E-state index is -0.00481. The first kappa shape index (κ1) is 32.9. The van der Waals surface area contributed by atoms with Crippen molar-refractivity contribution in [2.75, 3.05) is 0 Å². The van der Waals surface area contributed by atoms with Crippen LogP contribution in [0.4, 0.5) is 0 Å². The van der Waals surface area contributed by atoms with Crippen LogP contribution in [0.5, 0.6) is 0 Å². The van der Waals surface area contributed by atoms with Gasteiger partial charge in [-0.3, -0.25) is 0 Å². The molecule has 2 aromatic heterocycles. The molecule has 0 saturated heterocycles. The molecule has 0 spiro atoms. The number of rotatable bonds is 6. The molecule has 0 bridgehead atoms. The van der Waals surface area contributed by atoms with Gasteiger partial charge in [0.1, 0.15) is 5.58 Å². The van der Waals surface area contributed by atoms with Gasteiger partial charge >= 0.3 is 0 Å². The van der Waals surface area contributed by atoms with E-state index < -0.39 is 0 Å². The Hall–Kier alpha value is -7.49. The second kappa shape index (κ2) is 13.7. The smallest absolute Gasteiger partial charge is 0.159 e. The average Bonchev–Trinajstić information content (AvgIpc) is 3.72. The van der Waals surface area contributed by atoms with Crippen molar-refractivity contribution < 1.29 is 4.42 Å². The van der Waals surface area contributed by atoms with Crippen molar-refractivity contribution in [2.24, 2.45) is 4.99 Å². The third-order valence-corrected chi connectivity index (χ3v) is 11.3. The lowest BCUT2D eigenvalue weighted by Gasteiger charge is -2.10. The van der Waals surface area contributed by atoms with Gasteiger partial charge in [-0.15, -0.1) is 0 Å². The van der Waals surface area contributed by atoms with Crippen molar-refractivity contribution in [3.63, 3.8) is 0 Å². The number of aliphatic imine (C=N–C) groups is 1. The van der Waals surface area contributed by atoms with Gasteiger partial charge in [0.05, 0.1) is 28.1 Å². The number of para-hydroxylation sites is 1. The van der Waals surface area contributed by atoms with Crippen molar-refractivity contribution in [2.45, 2.75) is 5.92 Å². The minimum absolute atomic E-state index is 0.00481. The zero-order valence-corrected chi connectivity index (χ0v) is 31.1. The number of fused-ring (bicyclic) bond motifs is 6. The van der Waals surface area contributed by atoms with Gasteiger partial charge in [-0.25, -0.2) is 4.99 Å².